The fraction of sp³-hybridized carbons (Fsp3) is 0.211. The molecule has 3 aromatic rings. The Morgan fingerprint density at radius 2 is 2.00 bits per heavy atom. The number of carbonyl (C=O) groups excluding carboxylic acids is 1. The first-order chi connectivity index (χ1) is 12.6. The summed E-state index contributed by atoms with van der Waals surface area (Å²) in [7, 11) is 0. The molecule has 0 aliphatic heterocycles. The van der Waals surface area contributed by atoms with Crippen LogP contribution >= 0.6 is 11.6 Å². The van der Waals surface area contributed by atoms with Crippen LogP contribution in [0.5, 0.6) is 5.75 Å². The maximum absolute atomic E-state index is 12.6. The predicted octanol–water partition coefficient (Wildman–Crippen LogP) is 3.33. The molecule has 2 aromatic carbocycles. The van der Waals surface area contributed by atoms with Crippen LogP contribution in [0.4, 0.5) is 0 Å². The van der Waals surface area contributed by atoms with Gasteiger partial charge in [0.1, 0.15) is 25.0 Å². The van der Waals surface area contributed by atoms with Gasteiger partial charge in [-0.15, -0.1) is 0 Å². The number of rotatable bonds is 7. The summed E-state index contributed by atoms with van der Waals surface area (Å²) in [5.74, 6) is 0.310. The van der Waals surface area contributed by atoms with Crippen LogP contribution in [0, 0.1) is 0 Å². The predicted molar refractivity (Wildman–Crippen MR) is 99.2 cm³/mol. The molecule has 0 radical (unpaired) electrons. The Morgan fingerprint density at radius 1 is 1.23 bits per heavy atom. The van der Waals surface area contributed by atoms with E-state index in [9.17, 15) is 4.79 Å². The zero-order chi connectivity index (χ0) is 18.4. The Bertz CT molecular complexity index is 867. The molecule has 1 N–H and O–H groups in total. The first-order valence-electron chi connectivity index (χ1n) is 8.22. The third kappa shape index (κ3) is 4.61. The van der Waals surface area contributed by atoms with Crippen LogP contribution in [-0.2, 0) is 13.2 Å². The van der Waals surface area contributed by atoms with Gasteiger partial charge in [0.2, 0.25) is 0 Å². The van der Waals surface area contributed by atoms with Gasteiger partial charge in [0.15, 0.2) is 0 Å². The Kier molecular flexibility index (Phi) is 5.86. The maximum Gasteiger partial charge on any atom is 0.255 e. The van der Waals surface area contributed by atoms with E-state index in [-0.39, 0.29) is 11.9 Å². The molecular weight excluding hydrogens is 352 g/mol. The van der Waals surface area contributed by atoms with E-state index in [1.54, 1.807) is 29.2 Å². The van der Waals surface area contributed by atoms with Crippen molar-refractivity contribution in [3.8, 4) is 5.75 Å². The number of halogens is 1. The second kappa shape index (κ2) is 8.49. The van der Waals surface area contributed by atoms with Gasteiger partial charge in [0.05, 0.1) is 12.1 Å². The van der Waals surface area contributed by atoms with Gasteiger partial charge in [-0.1, -0.05) is 41.9 Å². The van der Waals surface area contributed by atoms with Crippen LogP contribution in [0.25, 0.3) is 0 Å². The van der Waals surface area contributed by atoms with Crippen LogP contribution in [0.1, 0.15) is 22.8 Å². The fourth-order valence-electron chi connectivity index (χ4n) is 2.51. The lowest BCUT2D eigenvalue weighted by Gasteiger charge is -2.16. The Balaban J connectivity index is 1.66. The number of nitrogens with zero attached hydrogens (tertiary/aromatic N) is 3. The minimum absolute atomic E-state index is 0.110. The van der Waals surface area contributed by atoms with E-state index >= 15 is 0 Å². The van der Waals surface area contributed by atoms with Crippen LogP contribution in [0.15, 0.2) is 61.2 Å². The van der Waals surface area contributed by atoms with E-state index in [4.69, 9.17) is 16.3 Å². The molecule has 0 bridgehead atoms. The third-order valence-electron chi connectivity index (χ3n) is 3.78. The quantitative estimate of drug-likeness (QED) is 0.692. The first-order valence-corrected chi connectivity index (χ1v) is 8.60. The molecule has 134 valence electrons. The largest absolute Gasteiger partial charge is 0.488 e. The number of nitrogens with one attached hydrogen (secondary N) is 1. The first kappa shape index (κ1) is 17.9. The van der Waals surface area contributed by atoms with Gasteiger partial charge in [-0.25, -0.2) is 4.98 Å². The average molecular weight is 371 g/mol. The smallest absolute Gasteiger partial charge is 0.255 e. The Morgan fingerprint density at radius 3 is 2.77 bits per heavy atom. The van der Waals surface area contributed by atoms with Gasteiger partial charge in [0, 0.05) is 16.6 Å². The summed E-state index contributed by atoms with van der Waals surface area (Å²) < 4.78 is 7.51. The van der Waals surface area contributed by atoms with Crippen LogP contribution in [-0.4, -0.2) is 26.7 Å². The Hall–Kier alpha value is -2.86. The minimum atomic E-state index is -0.202. The molecule has 0 aliphatic rings. The molecule has 3 rings (SSSR count). The lowest BCUT2D eigenvalue weighted by atomic mass is 10.1. The summed E-state index contributed by atoms with van der Waals surface area (Å²) in [6.07, 6.45) is 3.08. The van der Waals surface area contributed by atoms with Crippen molar-refractivity contribution in [1.82, 2.24) is 20.1 Å². The molecule has 6 nitrogen and oxygen atoms in total. The average Bonchev–Trinajstić information content (AvgIpc) is 3.14. The molecule has 1 aromatic heterocycles. The van der Waals surface area contributed by atoms with E-state index in [0.717, 1.165) is 5.56 Å². The molecular formula is C19H19ClN4O2. The highest BCUT2D eigenvalue weighted by Gasteiger charge is 2.15. The van der Waals surface area contributed by atoms with Gasteiger partial charge in [-0.2, -0.15) is 5.10 Å². The number of aromatic nitrogens is 3. The fourth-order valence-corrected chi connectivity index (χ4v) is 2.70. The molecule has 0 saturated heterocycles. The highest BCUT2D eigenvalue weighted by atomic mass is 35.5. The number of para-hydroxylation sites is 1. The molecule has 0 fully saturated rings. The van der Waals surface area contributed by atoms with Crippen LogP contribution in [0.3, 0.4) is 0 Å². The van der Waals surface area contributed by atoms with Crippen LogP contribution in [0.2, 0.25) is 5.02 Å². The second-order valence-electron chi connectivity index (χ2n) is 5.87. The van der Waals surface area contributed by atoms with E-state index in [1.807, 2.05) is 37.3 Å². The third-order valence-corrected chi connectivity index (χ3v) is 4.15. The summed E-state index contributed by atoms with van der Waals surface area (Å²) in [5.41, 5.74) is 1.34. The van der Waals surface area contributed by atoms with Crippen molar-refractivity contribution in [2.24, 2.45) is 0 Å². The number of hydrogen-bond acceptors (Lipinski definition) is 4. The zero-order valence-corrected chi connectivity index (χ0v) is 15.1. The van der Waals surface area contributed by atoms with Crippen molar-refractivity contribution in [1.29, 1.82) is 0 Å². The van der Waals surface area contributed by atoms with Crippen molar-refractivity contribution < 1.29 is 9.53 Å². The molecule has 26 heavy (non-hydrogen) atoms. The van der Waals surface area contributed by atoms with E-state index in [2.05, 4.69) is 15.4 Å². The summed E-state index contributed by atoms with van der Waals surface area (Å²) >= 11 is 6.16. The molecule has 0 spiro atoms. The summed E-state index contributed by atoms with van der Waals surface area (Å²) in [6.45, 7) is 2.74. The van der Waals surface area contributed by atoms with Crippen molar-refractivity contribution in [3.05, 3.63) is 77.3 Å². The lowest BCUT2D eigenvalue weighted by molar-refractivity contribution is 0.0931. The van der Waals surface area contributed by atoms with Crippen molar-refractivity contribution >= 4 is 17.5 Å². The lowest BCUT2D eigenvalue weighted by Crippen LogP contribution is -2.36. The summed E-state index contributed by atoms with van der Waals surface area (Å²) in [4.78, 5) is 16.5. The van der Waals surface area contributed by atoms with Crippen molar-refractivity contribution in [2.75, 3.05) is 0 Å². The van der Waals surface area contributed by atoms with Crippen molar-refractivity contribution in [2.45, 2.75) is 26.1 Å². The molecule has 1 atom stereocenters. The Labute approximate surface area is 156 Å². The molecule has 7 heteroatoms. The minimum Gasteiger partial charge on any atom is -0.488 e. The standard InChI is InChI=1S/C19H19ClN4O2/c1-14(10-24-13-21-12-22-24)23-19(25)16-7-3-5-9-18(16)26-11-15-6-2-4-8-17(15)20/h2-9,12-14H,10-11H2,1H3,(H,23,25). The number of hydrogen-bond donors (Lipinski definition) is 1. The van der Waals surface area contributed by atoms with Gasteiger partial charge in [0.25, 0.3) is 5.91 Å². The highest BCUT2D eigenvalue weighted by Crippen LogP contribution is 2.22. The number of ether oxygens (including phenoxy) is 1. The van der Waals surface area contributed by atoms with Gasteiger partial charge < -0.3 is 10.1 Å². The summed E-state index contributed by atoms with van der Waals surface area (Å²) in [5, 5.41) is 7.63. The molecule has 0 aliphatic carbocycles. The zero-order valence-electron chi connectivity index (χ0n) is 14.3. The maximum atomic E-state index is 12.6. The van der Waals surface area contributed by atoms with E-state index in [0.29, 0.717) is 29.5 Å². The summed E-state index contributed by atoms with van der Waals surface area (Å²) in [6, 6.07) is 14.5. The number of benzene rings is 2. The molecule has 1 heterocycles. The molecule has 0 saturated carbocycles. The monoisotopic (exact) mass is 370 g/mol. The molecule has 1 unspecified atom stereocenters. The van der Waals surface area contributed by atoms with E-state index in [1.165, 1.54) is 6.33 Å². The SMILES string of the molecule is CC(Cn1cncn1)NC(=O)c1ccccc1OCc1ccccc1Cl. The number of amides is 1. The van der Waals surface area contributed by atoms with E-state index < -0.39 is 0 Å². The topological polar surface area (TPSA) is 69.0 Å². The second-order valence-corrected chi connectivity index (χ2v) is 6.28. The van der Waals surface area contributed by atoms with Gasteiger partial charge in [-0.3, -0.25) is 9.48 Å². The van der Waals surface area contributed by atoms with Gasteiger partial charge >= 0.3 is 0 Å². The molecule has 1 amide bonds. The van der Waals surface area contributed by atoms with Crippen LogP contribution < -0.4 is 10.1 Å². The highest BCUT2D eigenvalue weighted by molar-refractivity contribution is 6.31. The van der Waals surface area contributed by atoms with Crippen molar-refractivity contribution in [3.63, 3.8) is 0 Å². The van der Waals surface area contributed by atoms with Gasteiger partial charge in [-0.05, 0) is 25.1 Å². The normalized spacial score (nSPS) is 11.8. The number of carbonyl (C=O) groups is 1.